The molecule has 1 heterocycles. The van der Waals surface area contributed by atoms with Crippen molar-refractivity contribution in [3.05, 3.63) is 65.5 Å². The molecular formula is C21H18F8N2OS. The van der Waals surface area contributed by atoms with E-state index in [-0.39, 0.29) is 13.1 Å². The molecule has 180 valence electrons. The number of rotatable bonds is 6. The maximum Gasteiger partial charge on any atom is 0.435 e. The molecule has 1 saturated heterocycles. The normalized spacial score (nSPS) is 20.2. The molecule has 12 heteroatoms. The second kappa shape index (κ2) is 8.79. The van der Waals surface area contributed by atoms with Gasteiger partial charge in [0.05, 0.1) is 11.3 Å². The number of halogens is 8. The quantitative estimate of drug-likeness (QED) is 0.551. The van der Waals surface area contributed by atoms with Gasteiger partial charge in [0.25, 0.3) is 0 Å². The summed E-state index contributed by atoms with van der Waals surface area (Å²) in [5, 5.41) is 0. The van der Waals surface area contributed by atoms with Gasteiger partial charge in [0.15, 0.2) is 0 Å². The lowest BCUT2D eigenvalue weighted by molar-refractivity contribution is -0.348. The van der Waals surface area contributed by atoms with Crippen LogP contribution in [0, 0.1) is 5.82 Å². The number of nitrogens with two attached hydrogens (primary N) is 1. The minimum Gasteiger partial charge on any atom is -0.369 e. The fourth-order valence-corrected chi connectivity index (χ4v) is 5.23. The molecule has 1 fully saturated rings. The number of alkyl halides is 7. The van der Waals surface area contributed by atoms with E-state index in [1.807, 2.05) is 0 Å². The summed E-state index contributed by atoms with van der Waals surface area (Å²) < 4.78 is 105. The lowest BCUT2D eigenvalue weighted by Gasteiger charge is -2.32. The maximum atomic E-state index is 14.4. The summed E-state index contributed by atoms with van der Waals surface area (Å²) in [5.41, 5.74) is -1.54. The summed E-state index contributed by atoms with van der Waals surface area (Å²) in [5.74, 6) is -1.09. The number of amides is 1. The Labute approximate surface area is 187 Å². The van der Waals surface area contributed by atoms with Crippen molar-refractivity contribution in [2.24, 2.45) is 5.73 Å². The molecule has 0 aliphatic carbocycles. The van der Waals surface area contributed by atoms with Crippen LogP contribution in [-0.4, -0.2) is 42.8 Å². The molecular weight excluding hydrogens is 480 g/mol. The van der Waals surface area contributed by atoms with E-state index < -0.39 is 40.1 Å². The van der Waals surface area contributed by atoms with Gasteiger partial charge in [0.1, 0.15) is 5.82 Å². The van der Waals surface area contributed by atoms with Crippen LogP contribution in [0.3, 0.4) is 0 Å². The zero-order chi connectivity index (χ0) is 24.7. The van der Waals surface area contributed by atoms with E-state index in [2.05, 4.69) is 0 Å². The summed E-state index contributed by atoms with van der Waals surface area (Å²) in [6, 6.07) is 8.36. The van der Waals surface area contributed by atoms with Gasteiger partial charge >= 0.3 is 18.0 Å². The fourth-order valence-electron chi connectivity index (χ4n) is 3.81. The molecule has 0 saturated carbocycles. The van der Waals surface area contributed by atoms with Gasteiger partial charge in [-0.25, -0.2) is 8.78 Å². The van der Waals surface area contributed by atoms with Crippen LogP contribution in [-0.2, 0) is 15.2 Å². The Morgan fingerprint density at radius 3 is 1.97 bits per heavy atom. The molecule has 2 N–H and O–H groups in total. The molecule has 1 atom stereocenters. The van der Waals surface area contributed by atoms with Gasteiger partial charge in [-0.3, -0.25) is 9.69 Å². The highest BCUT2D eigenvalue weighted by molar-refractivity contribution is 8.00. The molecule has 2 aromatic rings. The van der Waals surface area contributed by atoms with Gasteiger partial charge in [-0.1, -0.05) is 24.3 Å². The monoisotopic (exact) mass is 498 g/mol. The van der Waals surface area contributed by atoms with Crippen LogP contribution in [0.25, 0.3) is 0 Å². The van der Waals surface area contributed by atoms with Gasteiger partial charge in [-0.05, 0) is 36.2 Å². The second-order valence-electron chi connectivity index (χ2n) is 7.71. The molecule has 33 heavy (non-hydrogen) atoms. The van der Waals surface area contributed by atoms with Crippen LogP contribution in [0.5, 0.6) is 0 Å². The first-order chi connectivity index (χ1) is 15.2. The van der Waals surface area contributed by atoms with Gasteiger partial charge in [0, 0.05) is 23.5 Å². The van der Waals surface area contributed by atoms with Crippen LogP contribution in [0.2, 0.25) is 0 Å². The predicted octanol–water partition coefficient (Wildman–Crippen LogP) is 5.29. The van der Waals surface area contributed by atoms with Crippen LogP contribution in [0.4, 0.5) is 35.1 Å². The highest BCUT2D eigenvalue weighted by Gasteiger charge is 2.73. The number of nitrogens with zero attached hydrogens (tertiary/aromatic N) is 1. The predicted molar refractivity (Wildman–Crippen MR) is 106 cm³/mol. The van der Waals surface area contributed by atoms with E-state index in [1.165, 1.54) is 36.0 Å². The second-order valence-corrected chi connectivity index (χ2v) is 9.17. The van der Waals surface area contributed by atoms with Crippen molar-refractivity contribution in [3.8, 4) is 0 Å². The Balaban J connectivity index is 2.01. The lowest BCUT2D eigenvalue weighted by Crippen LogP contribution is -2.50. The molecule has 0 unspecified atom stereocenters. The number of primary amides is 1. The van der Waals surface area contributed by atoms with E-state index >= 15 is 0 Å². The summed E-state index contributed by atoms with van der Waals surface area (Å²) in [7, 11) is 0. The van der Waals surface area contributed by atoms with Crippen LogP contribution < -0.4 is 5.73 Å². The van der Waals surface area contributed by atoms with E-state index in [0.29, 0.717) is 35.6 Å². The topological polar surface area (TPSA) is 46.3 Å². The average Bonchev–Trinajstić information content (AvgIpc) is 3.10. The Morgan fingerprint density at radius 2 is 1.48 bits per heavy atom. The van der Waals surface area contributed by atoms with Gasteiger partial charge in [-0.2, -0.15) is 26.3 Å². The van der Waals surface area contributed by atoms with Crippen molar-refractivity contribution in [2.45, 2.75) is 34.1 Å². The van der Waals surface area contributed by atoms with Crippen molar-refractivity contribution >= 4 is 17.7 Å². The molecule has 1 aliphatic rings. The van der Waals surface area contributed by atoms with Gasteiger partial charge in [-0.15, -0.1) is 11.8 Å². The van der Waals surface area contributed by atoms with Gasteiger partial charge < -0.3 is 5.73 Å². The first kappa shape index (κ1) is 25.3. The summed E-state index contributed by atoms with van der Waals surface area (Å²) in [6.07, 6.45) is -12.1. The first-order valence-corrected chi connectivity index (χ1v) is 10.4. The fraction of sp³-hybridized carbons (Fsp3) is 0.381. The number of hydrogen-bond acceptors (Lipinski definition) is 3. The molecule has 0 aromatic heterocycles. The first-order valence-electron chi connectivity index (χ1n) is 9.56. The molecule has 1 amide bonds. The minimum absolute atomic E-state index is 0.0977. The maximum absolute atomic E-state index is 14.4. The molecule has 0 radical (unpaired) electrons. The smallest absolute Gasteiger partial charge is 0.369 e. The van der Waals surface area contributed by atoms with E-state index in [1.54, 1.807) is 4.90 Å². The number of carbonyl (C=O) groups is 1. The molecule has 2 aromatic carbocycles. The largest absolute Gasteiger partial charge is 0.435 e. The number of thioether (sulfide) groups is 1. The summed E-state index contributed by atoms with van der Waals surface area (Å²) >= 11 is 1.22. The Hall–Kier alpha value is -2.34. The Kier molecular flexibility index (Phi) is 6.73. The standard InChI is InChI=1S/C21H18F8N2OS/c22-15-5-7-16(8-6-15)33-18(9-10-31(12-18)11-17(30)32)13-1-3-14(4-2-13)19(23,20(24,25)26)21(27,28)29/h1-8H,9-12H2,(H2,30,32)/t18-/m0/s1. The summed E-state index contributed by atoms with van der Waals surface area (Å²) in [6.45, 7) is 0.466. The number of carbonyl (C=O) groups excluding carboxylic acids is 1. The number of likely N-dealkylation sites (tertiary alicyclic amines) is 1. The third-order valence-electron chi connectivity index (χ3n) is 5.41. The zero-order valence-electron chi connectivity index (χ0n) is 16.8. The Bertz CT molecular complexity index is 977. The van der Waals surface area contributed by atoms with Gasteiger partial charge in [0.2, 0.25) is 5.91 Å². The van der Waals surface area contributed by atoms with Crippen molar-refractivity contribution in [1.29, 1.82) is 0 Å². The molecule has 0 bridgehead atoms. The van der Waals surface area contributed by atoms with E-state index in [4.69, 9.17) is 5.73 Å². The van der Waals surface area contributed by atoms with Crippen molar-refractivity contribution in [3.63, 3.8) is 0 Å². The number of hydrogen-bond donors (Lipinski definition) is 1. The highest BCUT2D eigenvalue weighted by Crippen LogP contribution is 2.54. The number of benzene rings is 2. The van der Waals surface area contributed by atoms with Crippen molar-refractivity contribution < 1.29 is 39.9 Å². The minimum atomic E-state index is -6.21. The SMILES string of the molecule is NC(=O)CN1CC[C@@](Sc2ccc(F)cc2)(c2ccc(C(F)(C(F)(F)F)C(F)(F)F)cc2)C1. The third kappa shape index (κ3) is 4.96. The average molecular weight is 498 g/mol. The highest BCUT2D eigenvalue weighted by atomic mass is 32.2. The zero-order valence-corrected chi connectivity index (χ0v) is 17.6. The van der Waals surface area contributed by atoms with Crippen molar-refractivity contribution in [1.82, 2.24) is 4.90 Å². The van der Waals surface area contributed by atoms with E-state index in [0.717, 1.165) is 12.1 Å². The molecule has 1 aliphatic heterocycles. The van der Waals surface area contributed by atoms with Crippen LogP contribution >= 0.6 is 11.8 Å². The summed E-state index contributed by atoms with van der Waals surface area (Å²) in [4.78, 5) is 13.6. The molecule has 3 rings (SSSR count). The molecule has 3 nitrogen and oxygen atoms in total. The molecule has 0 spiro atoms. The lowest BCUT2D eigenvalue weighted by atomic mass is 9.90. The van der Waals surface area contributed by atoms with Crippen molar-refractivity contribution in [2.75, 3.05) is 19.6 Å². The third-order valence-corrected chi connectivity index (χ3v) is 6.87. The Morgan fingerprint density at radius 1 is 0.939 bits per heavy atom. The van der Waals surface area contributed by atoms with E-state index in [9.17, 15) is 39.9 Å². The van der Waals surface area contributed by atoms with Crippen LogP contribution in [0.1, 0.15) is 17.5 Å². The van der Waals surface area contributed by atoms with Crippen LogP contribution in [0.15, 0.2) is 53.4 Å².